The lowest BCUT2D eigenvalue weighted by Crippen LogP contribution is -2.48. The Hall–Kier alpha value is -3.88. The van der Waals surface area contributed by atoms with Crippen LogP contribution >= 0.6 is 11.6 Å². The van der Waals surface area contributed by atoms with Crippen LogP contribution in [0.4, 0.5) is 35.2 Å². The summed E-state index contributed by atoms with van der Waals surface area (Å²) in [6.45, 7) is 0.480. The molecule has 2 amide bonds. The summed E-state index contributed by atoms with van der Waals surface area (Å²) in [4.78, 5) is 29.5. The first-order valence-electron chi connectivity index (χ1n) is 12.1. The van der Waals surface area contributed by atoms with Crippen molar-refractivity contribution in [3.8, 4) is 23.0 Å². The van der Waals surface area contributed by atoms with Crippen LogP contribution in [0.2, 0.25) is 5.02 Å². The molecule has 3 aromatic heterocycles. The van der Waals surface area contributed by atoms with Gasteiger partial charge >= 0.3 is 12.2 Å². The van der Waals surface area contributed by atoms with Crippen molar-refractivity contribution < 1.29 is 37.7 Å². The highest BCUT2D eigenvalue weighted by atomic mass is 35.5. The minimum Gasteiger partial charge on any atom is -0.481 e. The summed E-state index contributed by atoms with van der Waals surface area (Å²) in [5.41, 5.74) is -0.182. The highest BCUT2D eigenvalue weighted by molar-refractivity contribution is 6.33. The molecule has 5 heterocycles. The molecular weight excluding hydrogens is 557 g/mol. The zero-order valence-electron chi connectivity index (χ0n) is 21.0. The molecule has 0 spiro atoms. The molecule has 1 fully saturated rings. The highest BCUT2D eigenvalue weighted by Gasteiger charge is 2.41. The molecule has 15 heteroatoms. The van der Waals surface area contributed by atoms with Gasteiger partial charge in [0.2, 0.25) is 11.8 Å². The van der Waals surface area contributed by atoms with Crippen LogP contribution in [0.3, 0.4) is 0 Å². The van der Waals surface area contributed by atoms with Crippen LogP contribution < -0.4 is 24.6 Å². The fraction of sp³-hybridized carbons (Fsp3) is 0.360. The van der Waals surface area contributed by atoms with Gasteiger partial charge < -0.3 is 29.9 Å². The molecule has 3 N–H and O–H groups in total. The van der Waals surface area contributed by atoms with Crippen LogP contribution in [0.25, 0.3) is 11.3 Å². The van der Waals surface area contributed by atoms with Gasteiger partial charge in [0, 0.05) is 37.2 Å². The van der Waals surface area contributed by atoms with Gasteiger partial charge in [0.1, 0.15) is 12.7 Å². The summed E-state index contributed by atoms with van der Waals surface area (Å²) in [6, 6.07) is 4.64. The summed E-state index contributed by atoms with van der Waals surface area (Å²) < 4.78 is 51.0. The number of methoxy groups -OCH3 is 1. The van der Waals surface area contributed by atoms with Crippen molar-refractivity contribution in [2.24, 2.45) is 0 Å². The second-order valence-corrected chi connectivity index (χ2v) is 9.57. The summed E-state index contributed by atoms with van der Waals surface area (Å²) in [6.07, 6.45) is -3.05. The first kappa shape index (κ1) is 27.7. The number of ether oxygens (including phenoxy) is 2. The molecule has 2 aliphatic rings. The van der Waals surface area contributed by atoms with E-state index in [0.717, 1.165) is 6.07 Å². The molecule has 1 unspecified atom stereocenters. The third-order valence-corrected chi connectivity index (χ3v) is 6.79. The Labute approximate surface area is 231 Å². The molecule has 40 heavy (non-hydrogen) atoms. The summed E-state index contributed by atoms with van der Waals surface area (Å²) in [7, 11) is 1.27. The number of nitrogens with one attached hydrogen (secondary N) is 1. The van der Waals surface area contributed by atoms with E-state index in [1.54, 1.807) is 12.1 Å². The van der Waals surface area contributed by atoms with Crippen molar-refractivity contribution in [2.75, 3.05) is 48.5 Å². The molecule has 0 saturated carbocycles. The lowest BCUT2D eigenvalue weighted by Gasteiger charge is -2.36. The van der Waals surface area contributed by atoms with Crippen molar-refractivity contribution >= 4 is 34.8 Å². The van der Waals surface area contributed by atoms with Crippen LogP contribution in [0, 0.1) is 0 Å². The van der Waals surface area contributed by atoms with Crippen molar-refractivity contribution in [2.45, 2.75) is 24.7 Å². The van der Waals surface area contributed by atoms with E-state index >= 15 is 0 Å². The number of hydrogen-bond acceptors (Lipinski definition) is 9. The third-order valence-electron chi connectivity index (χ3n) is 6.50. The highest BCUT2D eigenvalue weighted by Crippen LogP contribution is 2.45. The van der Waals surface area contributed by atoms with Crippen molar-refractivity contribution in [3.63, 3.8) is 0 Å². The molecule has 2 bridgehead atoms. The Kier molecular flexibility index (Phi) is 7.57. The predicted molar refractivity (Wildman–Crippen MR) is 139 cm³/mol. The van der Waals surface area contributed by atoms with E-state index in [1.165, 1.54) is 24.3 Å². The number of amides is 2. The number of anilines is 3. The van der Waals surface area contributed by atoms with E-state index < -0.39 is 30.5 Å². The number of halogens is 4. The van der Waals surface area contributed by atoms with E-state index in [-0.39, 0.29) is 46.5 Å². The molecule has 11 nitrogen and oxygen atoms in total. The minimum absolute atomic E-state index is 0.0156. The molecule has 0 aliphatic carbocycles. The van der Waals surface area contributed by atoms with Gasteiger partial charge in [0.25, 0.3) is 0 Å². The second-order valence-electron chi connectivity index (χ2n) is 9.16. The Bertz CT molecular complexity index is 1430. The van der Waals surface area contributed by atoms with Crippen molar-refractivity contribution in [1.29, 1.82) is 0 Å². The van der Waals surface area contributed by atoms with Gasteiger partial charge in [-0.2, -0.15) is 13.2 Å². The second kappa shape index (κ2) is 10.9. The lowest BCUT2D eigenvalue weighted by molar-refractivity contribution is -0.137. The number of rotatable bonds is 7. The van der Waals surface area contributed by atoms with Crippen molar-refractivity contribution in [3.05, 3.63) is 47.2 Å². The number of aromatic nitrogens is 3. The van der Waals surface area contributed by atoms with E-state index in [4.69, 9.17) is 26.2 Å². The third kappa shape index (κ3) is 5.42. The number of alkyl halides is 3. The maximum Gasteiger partial charge on any atom is 0.417 e. The SMILES string of the molecule is COc1ncc(C(F)(F)F)cc1-c1nc2c(cc1Cl)N1CC[C@@H](C1)N2C(=O)Nc1ccnc(OCC(O)CO)c1. The average Bonchev–Trinajstić information content (AvgIpc) is 3.35. The number of pyridine rings is 3. The van der Waals surface area contributed by atoms with Crippen LogP contribution in [0.1, 0.15) is 12.0 Å². The van der Waals surface area contributed by atoms with E-state index in [2.05, 4.69) is 20.3 Å². The number of urea groups is 1. The van der Waals surface area contributed by atoms with E-state index in [0.29, 0.717) is 37.1 Å². The summed E-state index contributed by atoms with van der Waals surface area (Å²) in [5, 5.41) is 21.3. The predicted octanol–water partition coefficient (Wildman–Crippen LogP) is 3.58. The van der Waals surface area contributed by atoms with Gasteiger partial charge in [-0.05, 0) is 24.6 Å². The van der Waals surface area contributed by atoms with Crippen LogP contribution in [-0.2, 0) is 6.18 Å². The summed E-state index contributed by atoms with van der Waals surface area (Å²) in [5.74, 6) is 0.238. The number of aliphatic hydroxyl groups excluding tert-OH is 2. The molecule has 0 aromatic carbocycles. The van der Waals surface area contributed by atoms with Gasteiger partial charge in [-0.15, -0.1) is 0 Å². The number of fused-ring (bicyclic) bond motifs is 4. The van der Waals surface area contributed by atoms with Gasteiger partial charge in [-0.1, -0.05) is 11.6 Å². The Morgan fingerprint density at radius 3 is 2.83 bits per heavy atom. The Balaban J connectivity index is 1.50. The van der Waals surface area contributed by atoms with E-state index in [1.807, 2.05) is 4.90 Å². The fourth-order valence-electron chi connectivity index (χ4n) is 4.60. The molecule has 5 rings (SSSR count). The topological polar surface area (TPSA) is 133 Å². The monoisotopic (exact) mass is 580 g/mol. The molecule has 0 radical (unpaired) electrons. The largest absolute Gasteiger partial charge is 0.481 e. The molecule has 2 aliphatic heterocycles. The fourth-order valence-corrected chi connectivity index (χ4v) is 4.85. The smallest absolute Gasteiger partial charge is 0.417 e. The number of carbonyl (C=O) groups is 1. The van der Waals surface area contributed by atoms with Crippen molar-refractivity contribution in [1.82, 2.24) is 15.0 Å². The Morgan fingerprint density at radius 2 is 2.10 bits per heavy atom. The zero-order chi connectivity index (χ0) is 28.6. The number of hydrogen-bond donors (Lipinski definition) is 3. The van der Waals surface area contributed by atoms with Gasteiger partial charge in [0.15, 0.2) is 5.82 Å². The Morgan fingerprint density at radius 1 is 1.30 bits per heavy atom. The van der Waals surface area contributed by atoms with Gasteiger partial charge in [-0.3, -0.25) is 4.90 Å². The first-order valence-corrected chi connectivity index (χ1v) is 12.5. The maximum atomic E-state index is 13.6. The summed E-state index contributed by atoms with van der Waals surface area (Å²) >= 11 is 6.54. The molecule has 3 aromatic rings. The lowest BCUT2D eigenvalue weighted by atomic mass is 10.1. The van der Waals surface area contributed by atoms with Gasteiger partial charge in [-0.25, -0.2) is 19.7 Å². The van der Waals surface area contributed by atoms with E-state index in [9.17, 15) is 23.1 Å². The minimum atomic E-state index is -4.66. The van der Waals surface area contributed by atoms with Crippen LogP contribution in [0.5, 0.6) is 11.8 Å². The molecule has 2 atom stereocenters. The molecule has 1 saturated heterocycles. The zero-order valence-corrected chi connectivity index (χ0v) is 21.8. The van der Waals surface area contributed by atoms with Crippen LogP contribution in [-0.4, -0.2) is 76.8 Å². The standard InChI is InChI=1S/C25H24ClF3N6O5/c1-39-23-17(6-13(9-31-23)25(27,28)29)21-18(26)8-19-22(33-21)35(15-3-5-34(19)10-15)24(38)32-14-2-4-30-20(7-14)40-12-16(37)11-36/h2,4,6-9,15-16,36-37H,3,5,10-12H2,1H3,(H,30,32,38)/t15-,16?/m0/s1. The maximum absolute atomic E-state index is 13.6. The first-order chi connectivity index (χ1) is 19.1. The number of nitrogens with zero attached hydrogens (tertiary/aromatic N) is 5. The van der Waals surface area contributed by atoms with Crippen LogP contribution in [0.15, 0.2) is 36.7 Å². The molecule has 212 valence electrons. The quantitative estimate of drug-likeness (QED) is 0.383. The normalized spacial score (nSPS) is 16.9. The molecular formula is C25H24ClF3N6O5. The number of aliphatic hydroxyl groups is 2. The average molecular weight is 581 g/mol. The van der Waals surface area contributed by atoms with Gasteiger partial charge in [0.05, 0.1) is 47.3 Å². The number of carbonyl (C=O) groups excluding carboxylic acids is 1.